The first kappa shape index (κ1) is 14.4. The van der Waals surface area contributed by atoms with E-state index in [1.165, 1.54) is 0 Å². The van der Waals surface area contributed by atoms with Gasteiger partial charge in [0.1, 0.15) is 5.54 Å². The third kappa shape index (κ3) is 3.30. The van der Waals surface area contributed by atoms with Gasteiger partial charge in [-0.05, 0) is 44.7 Å². The van der Waals surface area contributed by atoms with Crippen molar-refractivity contribution in [2.75, 3.05) is 18.0 Å². The molecule has 0 aromatic heterocycles. The van der Waals surface area contributed by atoms with Crippen LogP contribution in [-0.2, 0) is 4.79 Å². The molecule has 0 bridgehead atoms. The van der Waals surface area contributed by atoms with Crippen molar-refractivity contribution in [3.63, 3.8) is 0 Å². The van der Waals surface area contributed by atoms with Gasteiger partial charge < -0.3 is 10.2 Å². The fourth-order valence-electron chi connectivity index (χ4n) is 2.41. The van der Waals surface area contributed by atoms with Gasteiger partial charge in [0.15, 0.2) is 0 Å². The zero-order chi connectivity index (χ0) is 14.6. The van der Waals surface area contributed by atoms with Crippen LogP contribution < -0.4 is 10.2 Å². The maximum Gasteiger partial charge on any atom is 0.240 e. The normalized spacial score (nSPS) is 16.9. The molecule has 106 valence electrons. The van der Waals surface area contributed by atoms with Crippen molar-refractivity contribution in [3.8, 4) is 6.07 Å². The van der Waals surface area contributed by atoms with Gasteiger partial charge in [0.05, 0.1) is 12.6 Å². The molecule has 2 rings (SSSR count). The number of carbonyl (C=O) groups is 1. The summed E-state index contributed by atoms with van der Waals surface area (Å²) in [7, 11) is 0. The molecule has 0 radical (unpaired) electrons. The molecular formula is C16H21N3O. The van der Waals surface area contributed by atoms with Crippen LogP contribution in [0.2, 0.25) is 0 Å². The maximum absolute atomic E-state index is 12.2. The number of benzene rings is 1. The van der Waals surface area contributed by atoms with E-state index in [2.05, 4.69) is 11.4 Å². The fraction of sp³-hybridized carbons (Fsp3) is 0.500. The molecule has 0 aliphatic heterocycles. The van der Waals surface area contributed by atoms with Crippen molar-refractivity contribution in [1.29, 1.82) is 5.26 Å². The topological polar surface area (TPSA) is 56.1 Å². The average Bonchev–Trinajstić information content (AvgIpc) is 3.30. The summed E-state index contributed by atoms with van der Waals surface area (Å²) in [5, 5.41) is 12.2. The van der Waals surface area contributed by atoms with Crippen molar-refractivity contribution in [2.24, 2.45) is 5.92 Å². The van der Waals surface area contributed by atoms with Gasteiger partial charge in [0.25, 0.3) is 0 Å². The molecule has 1 atom stereocenters. The predicted octanol–water partition coefficient (Wildman–Crippen LogP) is 2.32. The van der Waals surface area contributed by atoms with Crippen LogP contribution >= 0.6 is 0 Å². The van der Waals surface area contributed by atoms with Gasteiger partial charge in [0, 0.05) is 12.2 Å². The Kier molecular flexibility index (Phi) is 4.29. The summed E-state index contributed by atoms with van der Waals surface area (Å²) in [6.07, 6.45) is 2.06. The molecule has 1 aliphatic carbocycles. The second-order valence-electron chi connectivity index (χ2n) is 5.49. The van der Waals surface area contributed by atoms with E-state index in [1.807, 2.05) is 49.1 Å². The minimum Gasteiger partial charge on any atom is -0.363 e. The number of nitrogens with one attached hydrogen (secondary N) is 1. The first-order valence-corrected chi connectivity index (χ1v) is 7.11. The Bertz CT molecular complexity index is 504. The maximum atomic E-state index is 12.2. The van der Waals surface area contributed by atoms with Gasteiger partial charge in [-0.15, -0.1) is 0 Å². The van der Waals surface area contributed by atoms with Crippen LogP contribution in [0.4, 0.5) is 5.69 Å². The second kappa shape index (κ2) is 5.96. The number of para-hydroxylation sites is 1. The number of hydrogen-bond donors (Lipinski definition) is 1. The van der Waals surface area contributed by atoms with Crippen molar-refractivity contribution < 1.29 is 4.79 Å². The molecule has 0 heterocycles. The van der Waals surface area contributed by atoms with Gasteiger partial charge >= 0.3 is 0 Å². The van der Waals surface area contributed by atoms with E-state index >= 15 is 0 Å². The number of likely N-dealkylation sites (N-methyl/N-ethyl adjacent to an activating group) is 1. The van der Waals surface area contributed by atoms with E-state index in [0.717, 1.165) is 25.1 Å². The van der Waals surface area contributed by atoms with Gasteiger partial charge in [-0.2, -0.15) is 5.26 Å². The molecule has 1 amide bonds. The van der Waals surface area contributed by atoms with Crippen LogP contribution in [0.25, 0.3) is 0 Å². The summed E-state index contributed by atoms with van der Waals surface area (Å²) >= 11 is 0. The van der Waals surface area contributed by atoms with E-state index in [0.29, 0.717) is 5.92 Å². The zero-order valence-corrected chi connectivity index (χ0v) is 12.1. The van der Waals surface area contributed by atoms with E-state index < -0.39 is 5.54 Å². The molecule has 0 saturated heterocycles. The average molecular weight is 271 g/mol. The lowest BCUT2D eigenvalue weighted by Gasteiger charge is -2.27. The zero-order valence-electron chi connectivity index (χ0n) is 12.1. The monoisotopic (exact) mass is 271 g/mol. The summed E-state index contributed by atoms with van der Waals surface area (Å²) in [6, 6.07) is 12.1. The molecule has 20 heavy (non-hydrogen) atoms. The molecular weight excluding hydrogens is 250 g/mol. The molecule has 0 spiro atoms. The number of anilines is 1. The van der Waals surface area contributed by atoms with Gasteiger partial charge in [-0.1, -0.05) is 18.2 Å². The molecule has 4 heteroatoms. The SMILES string of the molecule is CCN(CC(=O)NC(C)(C#N)C1CC1)c1ccccc1. The highest BCUT2D eigenvalue weighted by molar-refractivity contribution is 5.82. The molecule has 4 nitrogen and oxygen atoms in total. The molecule has 1 aliphatic rings. The summed E-state index contributed by atoms with van der Waals surface area (Å²) in [4.78, 5) is 14.2. The van der Waals surface area contributed by atoms with Crippen LogP contribution in [0.1, 0.15) is 26.7 Å². The lowest BCUT2D eigenvalue weighted by molar-refractivity contribution is -0.121. The van der Waals surface area contributed by atoms with Crippen molar-refractivity contribution in [2.45, 2.75) is 32.2 Å². The van der Waals surface area contributed by atoms with Crippen LogP contribution in [0.15, 0.2) is 30.3 Å². The largest absolute Gasteiger partial charge is 0.363 e. The van der Waals surface area contributed by atoms with E-state index in [9.17, 15) is 10.1 Å². The first-order chi connectivity index (χ1) is 9.59. The highest BCUT2D eigenvalue weighted by Gasteiger charge is 2.43. The third-order valence-corrected chi connectivity index (χ3v) is 3.86. The third-order valence-electron chi connectivity index (χ3n) is 3.86. The minimum absolute atomic E-state index is 0.0911. The Hall–Kier alpha value is -2.02. The number of nitrogens with zero attached hydrogens (tertiary/aromatic N) is 2. The van der Waals surface area contributed by atoms with E-state index in [-0.39, 0.29) is 12.5 Å². The smallest absolute Gasteiger partial charge is 0.240 e. The Balaban J connectivity index is 1.98. The number of rotatable bonds is 6. The molecule has 1 aromatic carbocycles. The van der Waals surface area contributed by atoms with Crippen LogP contribution in [0, 0.1) is 17.2 Å². The number of hydrogen-bond acceptors (Lipinski definition) is 3. The Morgan fingerprint density at radius 2 is 2.10 bits per heavy atom. The van der Waals surface area contributed by atoms with Crippen LogP contribution in [0.5, 0.6) is 0 Å². The molecule has 1 unspecified atom stereocenters. The standard InChI is InChI=1S/C16H21N3O/c1-3-19(14-7-5-4-6-8-14)11-15(20)18-16(2,12-17)13-9-10-13/h4-8,13H,3,9-11H2,1-2H3,(H,18,20). The van der Waals surface area contributed by atoms with Crippen LogP contribution in [-0.4, -0.2) is 24.5 Å². The van der Waals surface area contributed by atoms with Gasteiger partial charge in [-0.3, -0.25) is 4.79 Å². The number of nitriles is 1. The molecule has 1 saturated carbocycles. The van der Waals surface area contributed by atoms with Crippen molar-refractivity contribution >= 4 is 11.6 Å². The van der Waals surface area contributed by atoms with Gasteiger partial charge in [0.2, 0.25) is 5.91 Å². The number of carbonyl (C=O) groups excluding carboxylic acids is 1. The Labute approximate surface area is 120 Å². The molecule has 1 fully saturated rings. The lowest BCUT2D eigenvalue weighted by atomic mass is 9.98. The summed E-state index contributed by atoms with van der Waals surface area (Å²) in [6.45, 7) is 4.88. The summed E-state index contributed by atoms with van der Waals surface area (Å²) < 4.78 is 0. The summed E-state index contributed by atoms with van der Waals surface area (Å²) in [5.41, 5.74) is 0.308. The van der Waals surface area contributed by atoms with Crippen molar-refractivity contribution in [1.82, 2.24) is 5.32 Å². The lowest BCUT2D eigenvalue weighted by Crippen LogP contribution is -2.50. The highest BCUT2D eigenvalue weighted by atomic mass is 16.2. The quantitative estimate of drug-likeness (QED) is 0.864. The van der Waals surface area contributed by atoms with Crippen molar-refractivity contribution in [3.05, 3.63) is 30.3 Å². The highest BCUT2D eigenvalue weighted by Crippen LogP contribution is 2.39. The second-order valence-corrected chi connectivity index (χ2v) is 5.49. The van der Waals surface area contributed by atoms with E-state index in [1.54, 1.807) is 0 Å². The summed E-state index contributed by atoms with van der Waals surface area (Å²) in [5.74, 6) is 0.218. The molecule has 1 aromatic rings. The minimum atomic E-state index is -0.715. The molecule has 1 N–H and O–H groups in total. The predicted molar refractivity (Wildman–Crippen MR) is 79.2 cm³/mol. The van der Waals surface area contributed by atoms with Crippen LogP contribution in [0.3, 0.4) is 0 Å². The Morgan fingerprint density at radius 3 is 2.60 bits per heavy atom. The number of amides is 1. The van der Waals surface area contributed by atoms with E-state index in [4.69, 9.17) is 0 Å². The van der Waals surface area contributed by atoms with Gasteiger partial charge in [-0.25, -0.2) is 0 Å². The fourth-order valence-corrected chi connectivity index (χ4v) is 2.41. The first-order valence-electron chi connectivity index (χ1n) is 7.11. The Morgan fingerprint density at radius 1 is 1.45 bits per heavy atom.